The largest absolute Gasteiger partial charge is 0.478 e. The first kappa shape index (κ1) is 14.7. The van der Waals surface area contributed by atoms with Crippen molar-refractivity contribution in [2.75, 3.05) is 0 Å². The Morgan fingerprint density at radius 1 is 1.35 bits per heavy atom. The Hall–Kier alpha value is -1.70. The summed E-state index contributed by atoms with van der Waals surface area (Å²) in [4.78, 5) is 19.7. The fraction of sp³-hybridized carbons (Fsp3) is 0.214. The minimum absolute atomic E-state index is 0.117. The molecule has 0 atom stereocenters. The Balaban J connectivity index is 2.39. The van der Waals surface area contributed by atoms with Gasteiger partial charge < -0.3 is 9.84 Å². The Morgan fingerprint density at radius 2 is 2.10 bits per heavy atom. The molecule has 0 saturated heterocycles. The Kier molecular flexibility index (Phi) is 4.53. The molecule has 0 saturated carbocycles. The second kappa shape index (κ2) is 6.17. The summed E-state index contributed by atoms with van der Waals surface area (Å²) in [5.74, 6) is 0.206. The van der Waals surface area contributed by atoms with Gasteiger partial charge in [-0.15, -0.1) is 0 Å². The molecule has 104 valence electrons. The molecule has 2 rings (SSSR count). The van der Waals surface area contributed by atoms with Gasteiger partial charge in [0.25, 0.3) is 0 Å². The van der Waals surface area contributed by atoms with Crippen LogP contribution in [0.25, 0.3) is 0 Å². The highest BCUT2D eigenvalue weighted by molar-refractivity contribution is 14.1. The average Bonchev–Trinajstić information content (AvgIpc) is 2.40. The van der Waals surface area contributed by atoms with E-state index in [2.05, 4.69) is 32.6 Å². The minimum Gasteiger partial charge on any atom is -0.478 e. The third-order valence-electron chi connectivity index (χ3n) is 2.62. The van der Waals surface area contributed by atoms with Crippen molar-refractivity contribution >= 4 is 28.6 Å². The molecule has 0 amide bonds. The molecule has 0 unspecified atom stereocenters. The second-order valence-electron chi connectivity index (χ2n) is 4.15. The first-order valence-corrected chi connectivity index (χ1v) is 7.12. The number of carbonyl (C=O) groups is 1. The van der Waals surface area contributed by atoms with Gasteiger partial charge in [0.15, 0.2) is 0 Å². The quantitative estimate of drug-likeness (QED) is 0.818. The first-order chi connectivity index (χ1) is 9.49. The summed E-state index contributed by atoms with van der Waals surface area (Å²) in [6.07, 6.45) is 0.762. The number of carboxylic acids is 1. The lowest BCUT2D eigenvalue weighted by Crippen LogP contribution is -2.03. The number of hydrogen-bond acceptors (Lipinski definition) is 4. The van der Waals surface area contributed by atoms with Crippen LogP contribution in [-0.4, -0.2) is 21.0 Å². The van der Waals surface area contributed by atoms with Gasteiger partial charge in [-0.25, -0.2) is 9.78 Å². The van der Waals surface area contributed by atoms with Crippen LogP contribution in [0.15, 0.2) is 24.3 Å². The number of aromatic carboxylic acids is 1. The van der Waals surface area contributed by atoms with E-state index in [-0.39, 0.29) is 11.3 Å². The Labute approximate surface area is 130 Å². The molecule has 1 heterocycles. The third kappa shape index (κ3) is 3.44. The third-order valence-corrected chi connectivity index (χ3v) is 3.29. The molecule has 6 heteroatoms. The van der Waals surface area contributed by atoms with Crippen molar-refractivity contribution in [3.05, 3.63) is 44.9 Å². The van der Waals surface area contributed by atoms with E-state index in [0.717, 1.165) is 15.7 Å². The van der Waals surface area contributed by atoms with E-state index in [1.165, 1.54) is 0 Å². The maximum atomic E-state index is 11.2. The monoisotopic (exact) mass is 384 g/mol. The molecule has 0 aliphatic carbocycles. The van der Waals surface area contributed by atoms with Crippen LogP contribution in [0.2, 0.25) is 0 Å². The summed E-state index contributed by atoms with van der Waals surface area (Å²) in [6, 6.07) is 6.70. The lowest BCUT2D eigenvalue weighted by atomic mass is 10.2. The number of aryl methyl sites for hydroxylation is 2. The molecular weight excluding hydrogens is 371 g/mol. The van der Waals surface area contributed by atoms with Gasteiger partial charge in [-0.2, -0.15) is 4.98 Å². The number of aromatic nitrogens is 2. The van der Waals surface area contributed by atoms with E-state index >= 15 is 0 Å². The summed E-state index contributed by atoms with van der Waals surface area (Å²) in [5, 5.41) is 9.21. The van der Waals surface area contributed by atoms with E-state index < -0.39 is 5.97 Å². The molecule has 2 aromatic rings. The second-order valence-corrected chi connectivity index (χ2v) is 5.39. The number of ether oxygens (including phenoxy) is 1. The highest BCUT2D eigenvalue weighted by atomic mass is 127. The van der Waals surface area contributed by atoms with Crippen molar-refractivity contribution in [3.8, 4) is 11.6 Å². The van der Waals surface area contributed by atoms with Crippen molar-refractivity contribution in [2.45, 2.75) is 20.3 Å². The molecule has 0 radical (unpaired) electrons. The predicted octanol–water partition coefficient (Wildman–Crippen LogP) is 3.44. The van der Waals surface area contributed by atoms with Gasteiger partial charge in [0.05, 0.1) is 0 Å². The van der Waals surface area contributed by atoms with Crippen LogP contribution in [-0.2, 0) is 6.42 Å². The molecular formula is C14H13IN2O3. The summed E-state index contributed by atoms with van der Waals surface area (Å²) in [5.41, 5.74) is 0.973. The summed E-state index contributed by atoms with van der Waals surface area (Å²) >= 11 is 2.06. The molecule has 1 N–H and O–H groups in total. The zero-order chi connectivity index (χ0) is 14.7. The molecule has 0 fully saturated rings. The minimum atomic E-state index is -1.03. The van der Waals surface area contributed by atoms with Crippen molar-refractivity contribution in [1.82, 2.24) is 9.97 Å². The summed E-state index contributed by atoms with van der Waals surface area (Å²) < 4.78 is 6.45. The fourth-order valence-electron chi connectivity index (χ4n) is 1.70. The van der Waals surface area contributed by atoms with E-state index in [1.807, 2.05) is 6.92 Å². The van der Waals surface area contributed by atoms with Crippen LogP contribution >= 0.6 is 22.6 Å². The highest BCUT2D eigenvalue weighted by Gasteiger charge is 2.13. The average molecular weight is 384 g/mol. The standard InChI is InChI=1S/C14H13IN2O3/c1-3-10-7-13(17-8(2)16-10)20-12-5-4-9(15)6-11(12)14(18)19/h4-7H,3H2,1-2H3,(H,18,19). The highest BCUT2D eigenvalue weighted by Crippen LogP contribution is 2.26. The molecule has 5 nitrogen and oxygen atoms in total. The molecule has 0 aliphatic heterocycles. The number of halogens is 1. The van der Waals surface area contributed by atoms with E-state index in [0.29, 0.717) is 11.7 Å². The molecule has 1 aromatic carbocycles. The summed E-state index contributed by atoms with van der Waals surface area (Å²) in [7, 11) is 0. The summed E-state index contributed by atoms with van der Waals surface area (Å²) in [6.45, 7) is 3.76. The van der Waals surface area contributed by atoms with Crippen LogP contribution in [0.3, 0.4) is 0 Å². The number of nitrogens with zero attached hydrogens (tertiary/aromatic N) is 2. The van der Waals surface area contributed by atoms with Gasteiger partial charge in [-0.3, -0.25) is 0 Å². The van der Waals surface area contributed by atoms with Crippen molar-refractivity contribution in [3.63, 3.8) is 0 Å². The number of benzene rings is 1. The Bertz CT molecular complexity index is 659. The SMILES string of the molecule is CCc1cc(Oc2ccc(I)cc2C(=O)O)nc(C)n1. The van der Waals surface area contributed by atoms with Crippen molar-refractivity contribution < 1.29 is 14.6 Å². The zero-order valence-corrected chi connectivity index (χ0v) is 13.2. The van der Waals surface area contributed by atoms with E-state index in [4.69, 9.17) is 4.74 Å². The molecule has 0 spiro atoms. The Morgan fingerprint density at radius 3 is 2.75 bits per heavy atom. The van der Waals surface area contributed by atoms with Crippen LogP contribution < -0.4 is 4.74 Å². The van der Waals surface area contributed by atoms with E-state index in [1.54, 1.807) is 31.2 Å². The number of carboxylic acid groups (broad SMARTS) is 1. The number of rotatable bonds is 4. The van der Waals surface area contributed by atoms with Crippen molar-refractivity contribution in [1.29, 1.82) is 0 Å². The van der Waals surface area contributed by atoms with Gasteiger partial charge in [0.2, 0.25) is 5.88 Å². The lowest BCUT2D eigenvalue weighted by Gasteiger charge is -2.09. The van der Waals surface area contributed by atoms with Crippen LogP contribution in [0, 0.1) is 10.5 Å². The maximum absolute atomic E-state index is 11.2. The van der Waals surface area contributed by atoms with Gasteiger partial charge in [0.1, 0.15) is 17.1 Å². The lowest BCUT2D eigenvalue weighted by molar-refractivity contribution is 0.0694. The van der Waals surface area contributed by atoms with E-state index in [9.17, 15) is 9.90 Å². The van der Waals surface area contributed by atoms with Crippen LogP contribution in [0.1, 0.15) is 28.8 Å². The normalized spacial score (nSPS) is 10.3. The molecule has 20 heavy (non-hydrogen) atoms. The number of hydrogen-bond donors (Lipinski definition) is 1. The van der Waals surface area contributed by atoms with Gasteiger partial charge in [0, 0.05) is 15.3 Å². The van der Waals surface area contributed by atoms with Gasteiger partial charge in [-0.05, 0) is 54.1 Å². The van der Waals surface area contributed by atoms with Gasteiger partial charge >= 0.3 is 5.97 Å². The smallest absolute Gasteiger partial charge is 0.339 e. The maximum Gasteiger partial charge on any atom is 0.339 e. The van der Waals surface area contributed by atoms with Gasteiger partial charge in [-0.1, -0.05) is 6.92 Å². The van der Waals surface area contributed by atoms with Crippen LogP contribution in [0.5, 0.6) is 11.6 Å². The zero-order valence-electron chi connectivity index (χ0n) is 11.1. The molecule has 0 aliphatic rings. The molecule has 0 bridgehead atoms. The van der Waals surface area contributed by atoms with Crippen molar-refractivity contribution in [2.24, 2.45) is 0 Å². The van der Waals surface area contributed by atoms with Crippen LogP contribution in [0.4, 0.5) is 0 Å². The molecule has 1 aromatic heterocycles. The topological polar surface area (TPSA) is 72.3 Å². The predicted molar refractivity (Wildman–Crippen MR) is 82.3 cm³/mol. The fourth-order valence-corrected chi connectivity index (χ4v) is 2.19. The first-order valence-electron chi connectivity index (χ1n) is 6.05.